The van der Waals surface area contributed by atoms with E-state index in [0.29, 0.717) is 23.7 Å². The van der Waals surface area contributed by atoms with E-state index in [2.05, 4.69) is 0 Å². The Kier molecular flexibility index (Phi) is 5.88. The zero-order valence-electron chi connectivity index (χ0n) is 14.6. The molecule has 0 aliphatic carbocycles. The number of hydrogen-bond acceptors (Lipinski definition) is 4. The van der Waals surface area contributed by atoms with E-state index >= 15 is 0 Å². The van der Waals surface area contributed by atoms with Gasteiger partial charge in [-0.1, -0.05) is 60.7 Å². The van der Waals surface area contributed by atoms with Crippen LogP contribution in [0.25, 0.3) is 0 Å². The summed E-state index contributed by atoms with van der Waals surface area (Å²) in [7, 11) is 1.55. The van der Waals surface area contributed by atoms with E-state index in [1.54, 1.807) is 25.3 Å². The number of rotatable bonds is 7. The molecule has 0 fully saturated rings. The monoisotopic (exact) mass is 348 g/mol. The van der Waals surface area contributed by atoms with Crippen molar-refractivity contribution in [2.45, 2.75) is 13.2 Å². The molecule has 0 spiro atoms. The fraction of sp³-hybridized carbons (Fsp3) is 0.136. The van der Waals surface area contributed by atoms with Crippen LogP contribution in [-0.2, 0) is 18.0 Å². The van der Waals surface area contributed by atoms with Gasteiger partial charge in [0.05, 0.1) is 7.11 Å². The van der Waals surface area contributed by atoms with Crippen LogP contribution in [0.1, 0.15) is 21.5 Å². The molecule has 3 rings (SSSR count). The highest BCUT2D eigenvalue weighted by Gasteiger charge is 2.16. The van der Waals surface area contributed by atoms with E-state index in [4.69, 9.17) is 14.2 Å². The molecule has 4 heteroatoms. The average molecular weight is 348 g/mol. The van der Waals surface area contributed by atoms with Gasteiger partial charge in [-0.3, -0.25) is 0 Å². The van der Waals surface area contributed by atoms with Crippen LogP contribution in [0.4, 0.5) is 0 Å². The van der Waals surface area contributed by atoms with E-state index in [0.717, 1.165) is 11.1 Å². The van der Waals surface area contributed by atoms with Crippen LogP contribution in [0.5, 0.6) is 11.5 Å². The molecule has 0 saturated carbocycles. The molecule has 0 atom stereocenters. The third-order valence-electron chi connectivity index (χ3n) is 3.86. The van der Waals surface area contributed by atoms with Crippen molar-refractivity contribution in [2.75, 3.05) is 7.11 Å². The molecule has 3 aromatic rings. The molecule has 0 radical (unpaired) electrons. The van der Waals surface area contributed by atoms with Crippen molar-refractivity contribution in [1.29, 1.82) is 0 Å². The fourth-order valence-electron chi connectivity index (χ4n) is 2.46. The smallest absolute Gasteiger partial charge is 0.342 e. The highest BCUT2D eigenvalue weighted by Crippen LogP contribution is 2.26. The molecule has 0 N–H and O–H groups in total. The molecule has 0 aliphatic rings. The van der Waals surface area contributed by atoms with Gasteiger partial charge < -0.3 is 14.2 Å². The quantitative estimate of drug-likeness (QED) is 0.584. The molecular formula is C22H20O4. The molecule has 132 valence electrons. The summed E-state index contributed by atoms with van der Waals surface area (Å²) in [6, 6.07) is 24.4. The van der Waals surface area contributed by atoms with E-state index in [1.807, 2.05) is 60.7 Å². The molecule has 0 aromatic heterocycles. The van der Waals surface area contributed by atoms with Crippen LogP contribution in [0, 0.1) is 0 Å². The second-order valence-electron chi connectivity index (χ2n) is 5.70. The first-order valence-electron chi connectivity index (χ1n) is 8.32. The number of ether oxygens (including phenoxy) is 3. The van der Waals surface area contributed by atoms with E-state index < -0.39 is 5.97 Å². The highest BCUT2D eigenvalue weighted by atomic mass is 16.5. The summed E-state index contributed by atoms with van der Waals surface area (Å²) >= 11 is 0. The first kappa shape index (κ1) is 17.5. The van der Waals surface area contributed by atoms with E-state index in [-0.39, 0.29) is 6.61 Å². The Bertz CT molecular complexity index is 845. The summed E-state index contributed by atoms with van der Waals surface area (Å²) in [5.74, 6) is 0.590. The minimum atomic E-state index is -0.448. The van der Waals surface area contributed by atoms with Crippen molar-refractivity contribution < 1.29 is 19.0 Å². The fourth-order valence-corrected chi connectivity index (χ4v) is 2.46. The molecular weight excluding hydrogens is 328 g/mol. The summed E-state index contributed by atoms with van der Waals surface area (Å²) in [6.07, 6.45) is 0. The maximum absolute atomic E-state index is 12.6. The van der Waals surface area contributed by atoms with Crippen molar-refractivity contribution in [3.05, 3.63) is 95.6 Å². The molecule has 0 bridgehead atoms. The van der Waals surface area contributed by atoms with Crippen LogP contribution in [0.3, 0.4) is 0 Å². The number of esters is 1. The Labute approximate surface area is 153 Å². The van der Waals surface area contributed by atoms with Gasteiger partial charge in [-0.2, -0.15) is 0 Å². The lowest BCUT2D eigenvalue weighted by Gasteiger charge is -2.13. The van der Waals surface area contributed by atoms with Gasteiger partial charge >= 0.3 is 5.97 Å². The standard InChI is InChI=1S/C22H20O4/c1-24-19-12-13-21(25-15-17-8-4-2-5-9-17)20(14-19)22(23)26-16-18-10-6-3-7-11-18/h2-14H,15-16H2,1H3. The van der Waals surface area contributed by atoms with Gasteiger partial charge in [0, 0.05) is 0 Å². The van der Waals surface area contributed by atoms with Crippen LogP contribution < -0.4 is 9.47 Å². The van der Waals surface area contributed by atoms with Gasteiger partial charge in [0.1, 0.15) is 30.3 Å². The number of carbonyl (C=O) groups excluding carboxylic acids is 1. The third-order valence-corrected chi connectivity index (χ3v) is 3.86. The zero-order valence-corrected chi connectivity index (χ0v) is 14.6. The minimum absolute atomic E-state index is 0.203. The molecule has 0 saturated heterocycles. The Morgan fingerprint density at radius 2 is 1.42 bits per heavy atom. The number of hydrogen-bond donors (Lipinski definition) is 0. The predicted molar refractivity (Wildman–Crippen MR) is 99.3 cm³/mol. The Morgan fingerprint density at radius 3 is 2.04 bits per heavy atom. The first-order valence-corrected chi connectivity index (χ1v) is 8.32. The lowest BCUT2D eigenvalue weighted by molar-refractivity contribution is 0.0467. The van der Waals surface area contributed by atoms with Gasteiger partial charge in [-0.15, -0.1) is 0 Å². The van der Waals surface area contributed by atoms with Crippen molar-refractivity contribution in [2.24, 2.45) is 0 Å². The van der Waals surface area contributed by atoms with Crippen molar-refractivity contribution in [3.8, 4) is 11.5 Å². The SMILES string of the molecule is COc1ccc(OCc2ccccc2)c(C(=O)OCc2ccccc2)c1. The molecule has 0 amide bonds. The van der Waals surface area contributed by atoms with Crippen molar-refractivity contribution >= 4 is 5.97 Å². The maximum Gasteiger partial charge on any atom is 0.342 e. The summed E-state index contributed by atoms with van der Waals surface area (Å²) in [5, 5.41) is 0. The maximum atomic E-state index is 12.6. The summed E-state index contributed by atoms with van der Waals surface area (Å²) in [4.78, 5) is 12.6. The lowest BCUT2D eigenvalue weighted by atomic mass is 10.2. The summed E-state index contributed by atoms with van der Waals surface area (Å²) in [6.45, 7) is 0.571. The molecule has 3 aromatic carbocycles. The molecule has 0 unspecified atom stereocenters. The van der Waals surface area contributed by atoms with Gasteiger partial charge in [0.15, 0.2) is 0 Å². The third kappa shape index (κ3) is 4.63. The normalized spacial score (nSPS) is 10.2. The largest absolute Gasteiger partial charge is 0.497 e. The Balaban J connectivity index is 1.73. The second kappa shape index (κ2) is 8.72. The average Bonchev–Trinajstić information content (AvgIpc) is 2.72. The number of benzene rings is 3. The van der Waals surface area contributed by atoms with Gasteiger partial charge in [0.25, 0.3) is 0 Å². The summed E-state index contributed by atoms with van der Waals surface area (Å²) < 4.78 is 16.5. The second-order valence-corrected chi connectivity index (χ2v) is 5.70. The van der Waals surface area contributed by atoms with Crippen LogP contribution >= 0.6 is 0 Å². The lowest BCUT2D eigenvalue weighted by Crippen LogP contribution is -2.08. The molecule has 0 aliphatic heterocycles. The van der Waals surface area contributed by atoms with Crippen LogP contribution in [0.15, 0.2) is 78.9 Å². The van der Waals surface area contributed by atoms with Crippen molar-refractivity contribution in [1.82, 2.24) is 0 Å². The van der Waals surface area contributed by atoms with Gasteiger partial charge in [-0.05, 0) is 29.3 Å². The Hall–Kier alpha value is -3.27. The first-order chi connectivity index (χ1) is 12.8. The number of methoxy groups -OCH3 is 1. The van der Waals surface area contributed by atoms with Gasteiger partial charge in [0.2, 0.25) is 0 Å². The molecule has 4 nitrogen and oxygen atoms in total. The number of carbonyl (C=O) groups is 1. The predicted octanol–water partition coefficient (Wildman–Crippen LogP) is 4.63. The van der Waals surface area contributed by atoms with Crippen LogP contribution in [-0.4, -0.2) is 13.1 Å². The summed E-state index contributed by atoms with van der Waals surface area (Å²) in [5.41, 5.74) is 2.29. The minimum Gasteiger partial charge on any atom is -0.497 e. The molecule has 26 heavy (non-hydrogen) atoms. The molecule has 0 heterocycles. The Morgan fingerprint density at radius 1 is 0.808 bits per heavy atom. The van der Waals surface area contributed by atoms with Crippen molar-refractivity contribution in [3.63, 3.8) is 0 Å². The van der Waals surface area contributed by atoms with E-state index in [1.165, 1.54) is 0 Å². The van der Waals surface area contributed by atoms with Crippen LogP contribution in [0.2, 0.25) is 0 Å². The van der Waals surface area contributed by atoms with Gasteiger partial charge in [-0.25, -0.2) is 4.79 Å². The van der Waals surface area contributed by atoms with E-state index in [9.17, 15) is 4.79 Å². The zero-order chi connectivity index (χ0) is 18.2. The highest BCUT2D eigenvalue weighted by molar-refractivity contribution is 5.93. The topological polar surface area (TPSA) is 44.8 Å².